The Morgan fingerprint density at radius 2 is 1.64 bits per heavy atom. The summed E-state index contributed by atoms with van der Waals surface area (Å²) >= 11 is 0. The smallest absolute Gasteiger partial charge is 0.123 e. The van der Waals surface area contributed by atoms with Gasteiger partial charge in [-0.15, -0.1) is 0 Å². The van der Waals surface area contributed by atoms with Crippen molar-refractivity contribution in [1.29, 1.82) is 0 Å². The SMILES string of the molecule is Cc1cccc(Cn2cccc2CN(Cc2ccc(F)cc2)[C@H](C)C(C)C)c1. The van der Waals surface area contributed by atoms with Crippen LogP contribution < -0.4 is 0 Å². The van der Waals surface area contributed by atoms with Gasteiger partial charge in [0.25, 0.3) is 0 Å². The van der Waals surface area contributed by atoms with E-state index in [2.05, 4.69) is 79.8 Å². The molecule has 3 aromatic rings. The zero-order valence-electron chi connectivity index (χ0n) is 17.4. The third kappa shape index (κ3) is 5.32. The molecule has 0 radical (unpaired) electrons. The monoisotopic (exact) mass is 378 g/mol. The van der Waals surface area contributed by atoms with Crippen LogP contribution in [0.5, 0.6) is 0 Å². The molecule has 0 N–H and O–H groups in total. The maximum Gasteiger partial charge on any atom is 0.123 e. The second-order valence-electron chi connectivity index (χ2n) is 8.13. The Bertz CT molecular complexity index is 880. The highest BCUT2D eigenvalue weighted by molar-refractivity contribution is 5.23. The van der Waals surface area contributed by atoms with Crippen LogP contribution in [0.1, 0.15) is 43.2 Å². The van der Waals surface area contributed by atoms with Crippen LogP contribution in [-0.2, 0) is 19.6 Å². The molecule has 2 nitrogen and oxygen atoms in total. The normalized spacial score (nSPS) is 12.7. The summed E-state index contributed by atoms with van der Waals surface area (Å²) in [6.07, 6.45) is 2.16. The molecule has 0 bridgehead atoms. The van der Waals surface area contributed by atoms with Crippen LogP contribution in [0, 0.1) is 18.7 Å². The number of rotatable bonds is 8. The molecule has 1 heterocycles. The summed E-state index contributed by atoms with van der Waals surface area (Å²) in [5, 5.41) is 0. The molecule has 28 heavy (non-hydrogen) atoms. The van der Waals surface area contributed by atoms with Crippen LogP contribution in [-0.4, -0.2) is 15.5 Å². The van der Waals surface area contributed by atoms with Gasteiger partial charge in [-0.05, 0) is 55.2 Å². The van der Waals surface area contributed by atoms with Crippen LogP contribution in [0.15, 0.2) is 66.9 Å². The number of hydrogen-bond acceptors (Lipinski definition) is 1. The standard InChI is InChI=1S/C25H31FN2/c1-19(2)21(4)28(16-22-10-12-24(26)13-11-22)18-25-9-6-14-27(25)17-23-8-5-7-20(3)15-23/h5-15,19,21H,16-18H2,1-4H3/t21-/m1/s1. The lowest BCUT2D eigenvalue weighted by Gasteiger charge is -2.32. The Kier molecular flexibility index (Phi) is 6.69. The molecule has 2 aromatic carbocycles. The number of aryl methyl sites for hydroxylation is 1. The second-order valence-corrected chi connectivity index (χ2v) is 8.13. The van der Waals surface area contributed by atoms with E-state index in [1.807, 2.05) is 12.1 Å². The van der Waals surface area contributed by atoms with E-state index in [0.29, 0.717) is 12.0 Å². The lowest BCUT2D eigenvalue weighted by Crippen LogP contribution is -2.36. The fourth-order valence-corrected chi connectivity index (χ4v) is 3.55. The van der Waals surface area contributed by atoms with Crippen LogP contribution in [0.4, 0.5) is 4.39 Å². The van der Waals surface area contributed by atoms with Gasteiger partial charge < -0.3 is 4.57 Å². The summed E-state index contributed by atoms with van der Waals surface area (Å²) in [6, 6.07) is 20.3. The molecule has 1 aromatic heterocycles. The molecule has 0 saturated carbocycles. The van der Waals surface area contributed by atoms with Gasteiger partial charge in [0.1, 0.15) is 5.82 Å². The maximum atomic E-state index is 13.3. The van der Waals surface area contributed by atoms with Crippen molar-refractivity contribution in [3.8, 4) is 0 Å². The van der Waals surface area contributed by atoms with Gasteiger partial charge in [0.15, 0.2) is 0 Å². The molecule has 0 aliphatic heterocycles. The quantitative estimate of drug-likeness (QED) is 0.464. The van der Waals surface area contributed by atoms with Gasteiger partial charge in [0, 0.05) is 37.6 Å². The molecular formula is C25H31FN2. The van der Waals surface area contributed by atoms with E-state index in [4.69, 9.17) is 0 Å². The van der Waals surface area contributed by atoms with E-state index >= 15 is 0 Å². The Morgan fingerprint density at radius 1 is 0.893 bits per heavy atom. The second kappa shape index (κ2) is 9.20. The first-order chi connectivity index (χ1) is 13.4. The van der Waals surface area contributed by atoms with Crippen LogP contribution in [0.25, 0.3) is 0 Å². The Morgan fingerprint density at radius 3 is 2.32 bits per heavy atom. The topological polar surface area (TPSA) is 8.17 Å². The number of aromatic nitrogens is 1. The van der Waals surface area contributed by atoms with Crippen LogP contribution in [0.3, 0.4) is 0 Å². The van der Waals surface area contributed by atoms with E-state index in [-0.39, 0.29) is 5.82 Å². The lowest BCUT2D eigenvalue weighted by atomic mass is 10.0. The van der Waals surface area contributed by atoms with E-state index in [9.17, 15) is 4.39 Å². The first-order valence-corrected chi connectivity index (χ1v) is 10.1. The van der Waals surface area contributed by atoms with Gasteiger partial charge in [-0.2, -0.15) is 0 Å². The summed E-state index contributed by atoms with van der Waals surface area (Å²) in [6.45, 7) is 11.5. The molecule has 3 heteroatoms. The van der Waals surface area contributed by atoms with E-state index in [1.165, 1.54) is 16.8 Å². The van der Waals surface area contributed by atoms with Gasteiger partial charge in [0.05, 0.1) is 0 Å². The van der Waals surface area contributed by atoms with E-state index in [0.717, 1.165) is 25.2 Å². The van der Waals surface area contributed by atoms with Crippen molar-refractivity contribution < 1.29 is 4.39 Å². The largest absolute Gasteiger partial charge is 0.346 e. The summed E-state index contributed by atoms with van der Waals surface area (Å²) in [5.41, 5.74) is 5.05. The molecule has 1 atom stereocenters. The van der Waals surface area contributed by atoms with Crippen molar-refractivity contribution in [1.82, 2.24) is 9.47 Å². The van der Waals surface area contributed by atoms with Crippen LogP contribution >= 0.6 is 0 Å². The maximum absolute atomic E-state index is 13.3. The predicted octanol–water partition coefficient (Wildman–Crippen LogP) is 6.03. The molecule has 0 saturated heterocycles. The van der Waals surface area contributed by atoms with Gasteiger partial charge >= 0.3 is 0 Å². The Balaban J connectivity index is 1.79. The molecule has 0 aliphatic carbocycles. The zero-order chi connectivity index (χ0) is 20.1. The highest BCUT2D eigenvalue weighted by Crippen LogP contribution is 2.19. The van der Waals surface area contributed by atoms with Gasteiger partial charge in [-0.3, -0.25) is 4.90 Å². The van der Waals surface area contributed by atoms with E-state index in [1.54, 1.807) is 12.1 Å². The Labute approximate surface area is 168 Å². The molecule has 0 fully saturated rings. The average Bonchev–Trinajstić information content (AvgIpc) is 3.09. The lowest BCUT2D eigenvalue weighted by molar-refractivity contribution is 0.148. The van der Waals surface area contributed by atoms with Gasteiger partial charge in [-0.25, -0.2) is 4.39 Å². The number of halogens is 1. The third-order valence-corrected chi connectivity index (χ3v) is 5.56. The summed E-state index contributed by atoms with van der Waals surface area (Å²) in [4.78, 5) is 2.49. The van der Waals surface area contributed by atoms with Crippen molar-refractivity contribution in [2.45, 2.75) is 53.4 Å². The molecule has 0 aliphatic rings. The third-order valence-electron chi connectivity index (χ3n) is 5.56. The van der Waals surface area contributed by atoms with E-state index < -0.39 is 0 Å². The molecular weight excluding hydrogens is 347 g/mol. The molecule has 0 amide bonds. The zero-order valence-corrected chi connectivity index (χ0v) is 17.4. The highest BCUT2D eigenvalue weighted by atomic mass is 19.1. The van der Waals surface area contributed by atoms with Gasteiger partial charge in [0.2, 0.25) is 0 Å². The minimum Gasteiger partial charge on any atom is -0.346 e. The summed E-state index contributed by atoms with van der Waals surface area (Å²) < 4.78 is 15.6. The summed E-state index contributed by atoms with van der Waals surface area (Å²) in [7, 11) is 0. The predicted molar refractivity (Wildman–Crippen MR) is 115 cm³/mol. The van der Waals surface area contributed by atoms with Crippen LogP contribution in [0.2, 0.25) is 0 Å². The van der Waals surface area contributed by atoms with Crippen molar-refractivity contribution in [2.24, 2.45) is 5.92 Å². The molecule has 3 rings (SSSR count). The fourth-order valence-electron chi connectivity index (χ4n) is 3.55. The van der Waals surface area contributed by atoms with Gasteiger partial charge in [-0.1, -0.05) is 55.8 Å². The number of nitrogens with zero attached hydrogens (tertiary/aromatic N) is 2. The van der Waals surface area contributed by atoms with Crippen molar-refractivity contribution in [3.63, 3.8) is 0 Å². The van der Waals surface area contributed by atoms with Crippen molar-refractivity contribution >= 4 is 0 Å². The average molecular weight is 379 g/mol. The van der Waals surface area contributed by atoms with Crippen molar-refractivity contribution in [3.05, 3.63) is 95.1 Å². The molecule has 148 valence electrons. The first kappa shape index (κ1) is 20.3. The summed E-state index contributed by atoms with van der Waals surface area (Å²) in [5.74, 6) is 0.361. The molecule has 0 unspecified atom stereocenters. The first-order valence-electron chi connectivity index (χ1n) is 10.1. The molecule has 0 spiro atoms. The highest BCUT2D eigenvalue weighted by Gasteiger charge is 2.19. The number of hydrogen-bond donors (Lipinski definition) is 0. The van der Waals surface area contributed by atoms with Crippen molar-refractivity contribution in [2.75, 3.05) is 0 Å². The number of benzene rings is 2. The minimum atomic E-state index is -0.181. The fraction of sp³-hybridized carbons (Fsp3) is 0.360. The minimum absolute atomic E-state index is 0.181. The Hall–Kier alpha value is -2.39.